The number of hydrogen-bond donors (Lipinski definition) is 1. The van der Waals surface area contributed by atoms with Crippen molar-refractivity contribution in [2.75, 3.05) is 40.0 Å². The van der Waals surface area contributed by atoms with Gasteiger partial charge in [-0.1, -0.05) is 31.2 Å². The van der Waals surface area contributed by atoms with E-state index in [1.807, 2.05) is 4.90 Å². The Bertz CT molecular complexity index is 839. The van der Waals surface area contributed by atoms with Gasteiger partial charge in [0, 0.05) is 25.2 Å². The lowest BCUT2D eigenvalue weighted by molar-refractivity contribution is 0.0632. The topological polar surface area (TPSA) is 60.0 Å². The highest BCUT2D eigenvalue weighted by Gasteiger charge is 2.30. The Morgan fingerprint density at radius 3 is 2.69 bits per heavy atom. The van der Waals surface area contributed by atoms with Crippen LogP contribution < -0.4 is 19.5 Å². The molecular formula is C22H27ClN2O4. The standard InChI is InChI=1S/C22H26N2O4.ClH/c1-3-15-4-6-16(7-5-15)18-14-23-8-9-24(18)22(25)17-12-19(26-2)21-20(13-17)27-10-11-28-21;/h4-7,12-13,18,23H,3,8-11,14H2,1-2H3;1H. The molecule has 2 heterocycles. The normalized spacial score (nSPS) is 18.0. The molecular weight excluding hydrogens is 392 g/mol. The number of amides is 1. The number of piperazine rings is 1. The van der Waals surface area contributed by atoms with Gasteiger partial charge in [0.2, 0.25) is 5.75 Å². The minimum atomic E-state index is -0.0265. The summed E-state index contributed by atoms with van der Waals surface area (Å²) >= 11 is 0. The molecule has 0 aliphatic carbocycles. The molecule has 0 radical (unpaired) electrons. The molecule has 1 N–H and O–H groups in total. The van der Waals surface area contributed by atoms with Gasteiger partial charge >= 0.3 is 0 Å². The molecule has 2 aliphatic rings. The fourth-order valence-electron chi connectivity index (χ4n) is 3.78. The first-order chi connectivity index (χ1) is 13.7. The van der Waals surface area contributed by atoms with Crippen molar-refractivity contribution >= 4 is 18.3 Å². The first-order valence-electron chi connectivity index (χ1n) is 9.79. The van der Waals surface area contributed by atoms with Crippen LogP contribution in [0.4, 0.5) is 0 Å². The van der Waals surface area contributed by atoms with Gasteiger partial charge in [0.05, 0.1) is 13.2 Å². The number of nitrogens with zero attached hydrogens (tertiary/aromatic N) is 1. The Labute approximate surface area is 177 Å². The van der Waals surface area contributed by atoms with Gasteiger partial charge < -0.3 is 24.4 Å². The van der Waals surface area contributed by atoms with Crippen LogP contribution in [0.15, 0.2) is 36.4 Å². The Hall–Kier alpha value is -2.44. The van der Waals surface area contributed by atoms with E-state index < -0.39 is 0 Å². The Balaban J connectivity index is 0.00000240. The Morgan fingerprint density at radius 1 is 1.21 bits per heavy atom. The molecule has 0 spiro atoms. The highest BCUT2D eigenvalue weighted by atomic mass is 35.5. The lowest BCUT2D eigenvalue weighted by atomic mass is 9.99. The smallest absolute Gasteiger partial charge is 0.254 e. The van der Waals surface area contributed by atoms with Crippen LogP contribution in [0.5, 0.6) is 17.2 Å². The SMILES string of the molecule is CCc1ccc(C2CNCCN2C(=O)c2cc(OC)c3c(c2)OCCO3)cc1.Cl. The molecule has 0 aromatic heterocycles. The van der Waals surface area contributed by atoms with Gasteiger partial charge in [0.15, 0.2) is 11.5 Å². The third-order valence-corrected chi connectivity index (χ3v) is 5.35. The zero-order valence-corrected chi connectivity index (χ0v) is 17.6. The number of methoxy groups -OCH3 is 1. The number of nitrogens with one attached hydrogen (secondary N) is 1. The van der Waals surface area contributed by atoms with Crippen molar-refractivity contribution in [3.8, 4) is 17.2 Å². The summed E-state index contributed by atoms with van der Waals surface area (Å²) in [6, 6.07) is 12.0. The second-order valence-corrected chi connectivity index (χ2v) is 7.02. The molecule has 4 rings (SSSR count). The second-order valence-electron chi connectivity index (χ2n) is 7.02. The van der Waals surface area contributed by atoms with Crippen LogP contribution in [0.1, 0.15) is 34.5 Å². The summed E-state index contributed by atoms with van der Waals surface area (Å²) in [6.07, 6.45) is 1.00. The number of ether oxygens (including phenoxy) is 3. The van der Waals surface area contributed by atoms with Crippen LogP contribution in [0.2, 0.25) is 0 Å². The van der Waals surface area contributed by atoms with Gasteiger partial charge in [-0.05, 0) is 29.7 Å². The zero-order valence-electron chi connectivity index (χ0n) is 16.8. The quantitative estimate of drug-likeness (QED) is 0.826. The molecule has 2 aromatic carbocycles. The largest absolute Gasteiger partial charge is 0.493 e. The minimum Gasteiger partial charge on any atom is -0.493 e. The molecule has 1 saturated heterocycles. The summed E-state index contributed by atoms with van der Waals surface area (Å²) in [5.41, 5.74) is 2.99. The molecule has 2 aliphatic heterocycles. The Kier molecular flexibility index (Phi) is 6.87. The number of hydrogen-bond acceptors (Lipinski definition) is 5. The fraction of sp³-hybridized carbons (Fsp3) is 0.409. The lowest BCUT2D eigenvalue weighted by Crippen LogP contribution is -2.48. The van der Waals surface area contributed by atoms with Crippen LogP contribution in [-0.4, -0.2) is 50.8 Å². The van der Waals surface area contributed by atoms with Crippen LogP contribution in [-0.2, 0) is 6.42 Å². The molecule has 29 heavy (non-hydrogen) atoms. The first kappa shape index (κ1) is 21.3. The van der Waals surface area contributed by atoms with Crippen molar-refractivity contribution in [3.05, 3.63) is 53.1 Å². The first-order valence-corrected chi connectivity index (χ1v) is 9.79. The van der Waals surface area contributed by atoms with Gasteiger partial charge in [-0.3, -0.25) is 4.79 Å². The van der Waals surface area contributed by atoms with Crippen molar-refractivity contribution in [2.24, 2.45) is 0 Å². The number of carbonyl (C=O) groups excluding carboxylic acids is 1. The summed E-state index contributed by atoms with van der Waals surface area (Å²) in [6.45, 7) is 5.24. The number of fused-ring (bicyclic) bond motifs is 1. The van der Waals surface area contributed by atoms with Crippen molar-refractivity contribution in [1.82, 2.24) is 10.2 Å². The summed E-state index contributed by atoms with van der Waals surface area (Å²) in [5, 5.41) is 3.41. The van der Waals surface area contributed by atoms with Gasteiger partial charge in [-0.2, -0.15) is 0 Å². The Morgan fingerprint density at radius 2 is 1.97 bits per heavy atom. The van der Waals surface area contributed by atoms with E-state index in [2.05, 4.69) is 36.5 Å². The average molecular weight is 419 g/mol. The number of rotatable bonds is 4. The van der Waals surface area contributed by atoms with E-state index in [1.165, 1.54) is 5.56 Å². The third kappa shape index (κ3) is 4.28. The summed E-state index contributed by atoms with van der Waals surface area (Å²) in [5.74, 6) is 1.63. The lowest BCUT2D eigenvalue weighted by Gasteiger charge is -2.37. The number of benzene rings is 2. The van der Waals surface area contributed by atoms with Gasteiger partial charge in [-0.15, -0.1) is 12.4 Å². The van der Waals surface area contributed by atoms with E-state index in [0.717, 1.165) is 25.1 Å². The van der Waals surface area contributed by atoms with E-state index in [4.69, 9.17) is 14.2 Å². The van der Waals surface area contributed by atoms with E-state index >= 15 is 0 Å². The maximum absolute atomic E-state index is 13.4. The van der Waals surface area contributed by atoms with E-state index in [-0.39, 0.29) is 24.4 Å². The predicted molar refractivity (Wildman–Crippen MR) is 114 cm³/mol. The maximum atomic E-state index is 13.4. The number of carbonyl (C=O) groups is 1. The van der Waals surface area contributed by atoms with E-state index in [9.17, 15) is 4.79 Å². The fourth-order valence-corrected chi connectivity index (χ4v) is 3.78. The van der Waals surface area contributed by atoms with Gasteiger partial charge in [0.25, 0.3) is 5.91 Å². The van der Waals surface area contributed by atoms with Crippen molar-refractivity contribution in [2.45, 2.75) is 19.4 Å². The zero-order chi connectivity index (χ0) is 19.5. The van der Waals surface area contributed by atoms with Crippen LogP contribution in [0.25, 0.3) is 0 Å². The molecule has 0 saturated carbocycles. The molecule has 7 heteroatoms. The van der Waals surface area contributed by atoms with Crippen molar-refractivity contribution in [3.63, 3.8) is 0 Å². The average Bonchev–Trinajstić information content (AvgIpc) is 2.78. The molecule has 1 amide bonds. The van der Waals surface area contributed by atoms with Crippen LogP contribution in [0, 0.1) is 0 Å². The van der Waals surface area contributed by atoms with Crippen molar-refractivity contribution < 1.29 is 19.0 Å². The molecule has 0 bridgehead atoms. The van der Waals surface area contributed by atoms with Crippen LogP contribution >= 0.6 is 12.4 Å². The highest BCUT2D eigenvalue weighted by molar-refractivity contribution is 5.96. The van der Waals surface area contributed by atoms with Gasteiger partial charge in [-0.25, -0.2) is 0 Å². The molecule has 156 valence electrons. The molecule has 6 nitrogen and oxygen atoms in total. The number of halogens is 1. The maximum Gasteiger partial charge on any atom is 0.254 e. The molecule has 1 fully saturated rings. The van der Waals surface area contributed by atoms with E-state index in [1.54, 1.807) is 19.2 Å². The summed E-state index contributed by atoms with van der Waals surface area (Å²) in [4.78, 5) is 15.3. The van der Waals surface area contributed by atoms with E-state index in [0.29, 0.717) is 42.6 Å². The van der Waals surface area contributed by atoms with Crippen molar-refractivity contribution in [1.29, 1.82) is 0 Å². The number of aryl methyl sites for hydroxylation is 1. The molecule has 1 unspecified atom stereocenters. The highest BCUT2D eigenvalue weighted by Crippen LogP contribution is 2.41. The van der Waals surface area contributed by atoms with Gasteiger partial charge in [0.1, 0.15) is 13.2 Å². The minimum absolute atomic E-state index is 0. The summed E-state index contributed by atoms with van der Waals surface area (Å²) < 4.78 is 16.8. The summed E-state index contributed by atoms with van der Waals surface area (Å²) in [7, 11) is 1.57. The molecule has 1 atom stereocenters. The molecule has 2 aromatic rings. The predicted octanol–water partition coefficient (Wildman–Crippen LogP) is 3.24. The van der Waals surface area contributed by atoms with Crippen LogP contribution in [0.3, 0.4) is 0 Å². The second kappa shape index (κ2) is 9.37. The third-order valence-electron chi connectivity index (χ3n) is 5.35. The monoisotopic (exact) mass is 418 g/mol.